The van der Waals surface area contributed by atoms with Gasteiger partial charge in [0.2, 0.25) is 10.0 Å². The van der Waals surface area contributed by atoms with E-state index in [2.05, 4.69) is 19.2 Å². The molecule has 20 heavy (non-hydrogen) atoms. The molecule has 1 aliphatic carbocycles. The quantitative estimate of drug-likeness (QED) is 0.750. The molecule has 1 fully saturated rings. The summed E-state index contributed by atoms with van der Waals surface area (Å²) in [6.07, 6.45) is 2.20. The highest BCUT2D eigenvalue weighted by molar-refractivity contribution is 7.89. The summed E-state index contributed by atoms with van der Waals surface area (Å²) in [5.74, 6) is 1.20. The Labute approximate surface area is 126 Å². The lowest BCUT2D eigenvalue weighted by Gasteiger charge is -2.17. The predicted octanol–water partition coefficient (Wildman–Crippen LogP) is 2.52. The van der Waals surface area contributed by atoms with E-state index in [-0.39, 0.29) is 0 Å². The molecule has 0 aliphatic heterocycles. The van der Waals surface area contributed by atoms with E-state index in [0.29, 0.717) is 29.8 Å². The molecule has 4 nitrogen and oxygen atoms in total. The molecule has 1 saturated carbocycles. The number of rotatable bonds is 8. The van der Waals surface area contributed by atoms with Crippen molar-refractivity contribution in [3.8, 4) is 0 Å². The van der Waals surface area contributed by atoms with E-state index >= 15 is 0 Å². The van der Waals surface area contributed by atoms with Crippen molar-refractivity contribution in [3.63, 3.8) is 0 Å². The Morgan fingerprint density at radius 2 is 2.20 bits per heavy atom. The van der Waals surface area contributed by atoms with E-state index in [1.54, 1.807) is 13.1 Å². The van der Waals surface area contributed by atoms with Gasteiger partial charge in [-0.3, -0.25) is 0 Å². The second kappa shape index (κ2) is 6.56. The van der Waals surface area contributed by atoms with Crippen LogP contribution in [0.1, 0.15) is 31.6 Å². The maximum Gasteiger partial charge on any atom is 0.243 e. The van der Waals surface area contributed by atoms with Crippen LogP contribution in [0, 0.1) is 11.8 Å². The van der Waals surface area contributed by atoms with Crippen LogP contribution < -0.4 is 5.32 Å². The summed E-state index contributed by atoms with van der Waals surface area (Å²) in [6.45, 7) is 6.46. The largest absolute Gasteiger partial charge is 0.312 e. The number of nitrogens with one attached hydrogen (secondary N) is 1. The van der Waals surface area contributed by atoms with Crippen molar-refractivity contribution in [2.24, 2.45) is 11.8 Å². The second-order valence-corrected chi connectivity index (χ2v) is 8.66. The molecule has 2 atom stereocenters. The van der Waals surface area contributed by atoms with Crippen LogP contribution in [0.25, 0.3) is 0 Å². The first kappa shape index (κ1) is 15.9. The van der Waals surface area contributed by atoms with Crippen molar-refractivity contribution < 1.29 is 8.42 Å². The predicted molar refractivity (Wildman–Crippen MR) is 83.4 cm³/mol. The molecule has 6 heteroatoms. The number of sulfonamides is 1. The van der Waals surface area contributed by atoms with E-state index in [4.69, 9.17) is 0 Å². The molecule has 114 valence electrons. The van der Waals surface area contributed by atoms with Gasteiger partial charge >= 0.3 is 0 Å². The summed E-state index contributed by atoms with van der Waals surface area (Å²) in [7, 11) is -1.64. The van der Waals surface area contributed by atoms with E-state index in [1.165, 1.54) is 15.6 Å². The molecular formula is C14H24N2O2S2. The van der Waals surface area contributed by atoms with Crippen LogP contribution in [0.15, 0.2) is 16.3 Å². The van der Waals surface area contributed by atoms with Crippen molar-refractivity contribution in [2.75, 3.05) is 20.1 Å². The fourth-order valence-corrected chi connectivity index (χ4v) is 4.92. The fourth-order valence-electron chi connectivity index (χ4n) is 2.32. The molecule has 1 N–H and O–H groups in total. The molecular weight excluding hydrogens is 292 g/mol. The molecule has 0 bridgehead atoms. The minimum absolute atomic E-state index is 0.474. The van der Waals surface area contributed by atoms with Crippen LogP contribution in [0.5, 0.6) is 0 Å². The highest BCUT2D eigenvalue weighted by atomic mass is 32.2. The first-order valence-corrected chi connectivity index (χ1v) is 9.52. The molecule has 0 amide bonds. The lowest BCUT2D eigenvalue weighted by molar-refractivity contribution is 0.444. The summed E-state index contributed by atoms with van der Waals surface area (Å²) in [4.78, 5) is 1.39. The van der Waals surface area contributed by atoms with Gasteiger partial charge in [-0.1, -0.05) is 13.8 Å². The van der Waals surface area contributed by atoms with Gasteiger partial charge in [0.1, 0.15) is 0 Å². The molecule has 1 heterocycles. The van der Waals surface area contributed by atoms with Crippen LogP contribution >= 0.6 is 11.3 Å². The summed E-state index contributed by atoms with van der Waals surface area (Å²) < 4.78 is 26.8. The van der Waals surface area contributed by atoms with E-state index in [9.17, 15) is 8.42 Å². The number of thiophene rings is 1. The molecule has 0 saturated heterocycles. The van der Waals surface area contributed by atoms with Crippen LogP contribution in [-0.2, 0) is 16.6 Å². The lowest BCUT2D eigenvalue weighted by Crippen LogP contribution is -2.30. The fraction of sp³-hybridized carbons (Fsp3) is 0.714. The van der Waals surface area contributed by atoms with Crippen molar-refractivity contribution >= 4 is 21.4 Å². The highest BCUT2D eigenvalue weighted by Gasteiger charge is 2.36. The number of hydrogen-bond acceptors (Lipinski definition) is 4. The van der Waals surface area contributed by atoms with Crippen LogP contribution in [0.3, 0.4) is 0 Å². The van der Waals surface area contributed by atoms with Gasteiger partial charge in [0.05, 0.1) is 4.90 Å². The maximum absolute atomic E-state index is 12.6. The second-order valence-electron chi connectivity index (χ2n) is 5.64. The van der Waals surface area contributed by atoms with Gasteiger partial charge < -0.3 is 5.32 Å². The zero-order valence-corrected chi connectivity index (χ0v) is 14.1. The van der Waals surface area contributed by atoms with Gasteiger partial charge in [-0.25, -0.2) is 12.7 Å². The van der Waals surface area contributed by atoms with Gasteiger partial charge in [0.25, 0.3) is 0 Å². The maximum atomic E-state index is 12.6. The Morgan fingerprint density at radius 1 is 1.50 bits per heavy atom. The molecule has 2 unspecified atom stereocenters. The van der Waals surface area contributed by atoms with Crippen LogP contribution in [-0.4, -0.2) is 32.9 Å². The minimum atomic E-state index is -3.34. The summed E-state index contributed by atoms with van der Waals surface area (Å²) >= 11 is 1.51. The Kier molecular flexibility index (Phi) is 5.23. The zero-order valence-electron chi connectivity index (χ0n) is 12.4. The smallest absolute Gasteiger partial charge is 0.243 e. The average molecular weight is 316 g/mol. The third-order valence-electron chi connectivity index (χ3n) is 3.87. The molecule has 0 radical (unpaired) electrons. The SMILES string of the molecule is CCCNCc1sccc1S(=O)(=O)N(C)CC1CC1C. The molecule has 1 aliphatic rings. The Hall–Kier alpha value is -0.430. The van der Waals surface area contributed by atoms with Crippen molar-refractivity contribution in [2.45, 2.75) is 38.1 Å². The Bertz CT molecular complexity index is 539. The van der Waals surface area contributed by atoms with Gasteiger partial charge in [-0.15, -0.1) is 11.3 Å². The topological polar surface area (TPSA) is 49.4 Å². The third-order valence-corrected chi connectivity index (χ3v) is 6.83. The molecule has 1 aromatic heterocycles. The zero-order chi connectivity index (χ0) is 14.8. The Morgan fingerprint density at radius 3 is 2.80 bits per heavy atom. The van der Waals surface area contributed by atoms with Gasteiger partial charge in [0.15, 0.2) is 0 Å². The summed E-state index contributed by atoms with van der Waals surface area (Å²) in [6, 6.07) is 1.73. The van der Waals surface area contributed by atoms with Gasteiger partial charge in [-0.05, 0) is 42.7 Å². The molecule has 1 aromatic rings. The van der Waals surface area contributed by atoms with Crippen LogP contribution in [0.2, 0.25) is 0 Å². The number of nitrogens with zero attached hydrogens (tertiary/aromatic N) is 1. The van der Waals surface area contributed by atoms with Crippen LogP contribution in [0.4, 0.5) is 0 Å². The van der Waals surface area contributed by atoms with Gasteiger partial charge in [0, 0.05) is 25.0 Å². The van der Waals surface area contributed by atoms with Gasteiger partial charge in [-0.2, -0.15) is 0 Å². The monoisotopic (exact) mass is 316 g/mol. The Balaban J connectivity index is 2.06. The normalized spacial score (nSPS) is 22.4. The first-order chi connectivity index (χ1) is 9.46. The van der Waals surface area contributed by atoms with E-state index < -0.39 is 10.0 Å². The molecule has 2 rings (SSSR count). The van der Waals surface area contributed by atoms with E-state index in [1.807, 2.05) is 5.38 Å². The minimum Gasteiger partial charge on any atom is -0.312 e. The number of hydrogen-bond donors (Lipinski definition) is 1. The summed E-state index contributed by atoms with van der Waals surface area (Å²) in [5, 5.41) is 5.14. The highest BCUT2D eigenvalue weighted by Crippen LogP contribution is 2.39. The first-order valence-electron chi connectivity index (χ1n) is 7.20. The third kappa shape index (κ3) is 3.61. The van der Waals surface area contributed by atoms with E-state index in [0.717, 1.165) is 24.3 Å². The molecule has 0 spiro atoms. The standard InChI is InChI=1S/C14H24N2O2S2/c1-4-6-15-9-13-14(5-7-19-13)20(17,18)16(3)10-12-8-11(12)2/h5,7,11-12,15H,4,6,8-10H2,1-3H3. The van der Waals surface area contributed by atoms with Crippen molar-refractivity contribution in [1.82, 2.24) is 9.62 Å². The average Bonchev–Trinajstić information content (AvgIpc) is 2.91. The molecule has 0 aromatic carbocycles. The lowest BCUT2D eigenvalue weighted by atomic mass is 10.3. The van der Waals surface area contributed by atoms with Crippen molar-refractivity contribution in [1.29, 1.82) is 0 Å². The van der Waals surface area contributed by atoms with Crippen molar-refractivity contribution in [3.05, 3.63) is 16.3 Å². The summed E-state index contributed by atoms with van der Waals surface area (Å²) in [5.41, 5.74) is 0.